The molecule has 0 unspecified atom stereocenters. The lowest BCUT2D eigenvalue weighted by atomic mass is 10.2. The fourth-order valence-corrected chi connectivity index (χ4v) is 2.28. The molecule has 0 saturated carbocycles. The van der Waals surface area contributed by atoms with E-state index in [4.69, 9.17) is 4.74 Å². The molecule has 1 heterocycles. The zero-order valence-electron chi connectivity index (χ0n) is 13.6. The number of hydrogen-bond donors (Lipinski definition) is 1. The Morgan fingerprint density at radius 1 is 1.04 bits per heavy atom. The summed E-state index contributed by atoms with van der Waals surface area (Å²) in [5.74, 6) is -1.24. The van der Waals surface area contributed by atoms with Gasteiger partial charge in [0.05, 0.1) is 18.3 Å². The summed E-state index contributed by atoms with van der Waals surface area (Å²) in [5, 5.41) is 3.51. The van der Waals surface area contributed by atoms with Crippen LogP contribution >= 0.6 is 0 Å². The highest BCUT2D eigenvalue weighted by molar-refractivity contribution is 6.37. The van der Waals surface area contributed by atoms with Gasteiger partial charge in [-0.1, -0.05) is 30.3 Å². The first kappa shape index (κ1) is 16.4. The zero-order valence-corrected chi connectivity index (χ0v) is 13.6. The summed E-state index contributed by atoms with van der Waals surface area (Å²) in [7, 11) is 1.15. The van der Waals surface area contributed by atoms with Gasteiger partial charge in [-0.05, 0) is 24.3 Å². The van der Waals surface area contributed by atoms with Crippen molar-refractivity contribution in [1.82, 2.24) is 4.98 Å². The Labute approximate surface area is 144 Å². The number of hydrogen-bond acceptors (Lipinski definition) is 5. The molecular weight excluding hydrogens is 320 g/mol. The predicted octanol–water partition coefficient (Wildman–Crippen LogP) is 2.93. The topological polar surface area (TPSA) is 77.5 Å². The highest BCUT2D eigenvalue weighted by atomic mass is 16.5. The average molecular weight is 336 g/mol. The number of pyridine rings is 1. The van der Waals surface area contributed by atoms with Crippen LogP contribution in [-0.4, -0.2) is 24.0 Å². The van der Waals surface area contributed by atoms with Crippen LogP contribution in [0.3, 0.4) is 0 Å². The van der Waals surface area contributed by atoms with Gasteiger partial charge in [-0.25, -0.2) is 9.78 Å². The van der Waals surface area contributed by atoms with Gasteiger partial charge in [0.1, 0.15) is 12.4 Å². The number of nitrogens with one attached hydrogen (secondary N) is 1. The van der Waals surface area contributed by atoms with Crippen LogP contribution in [0.4, 0.5) is 5.69 Å². The van der Waals surface area contributed by atoms with Gasteiger partial charge in [0.2, 0.25) is 0 Å². The molecule has 2 aromatic carbocycles. The van der Waals surface area contributed by atoms with Gasteiger partial charge in [-0.2, -0.15) is 0 Å². The van der Waals surface area contributed by atoms with Crippen LogP contribution < -0.4 is 10.1 Å². The van der Waals surface area contributed by atoms with Crippen molar-refractivity contribution in [3.63, 3.8) is 0 Å². The van der Waals surface area contributed by atoms with Crippen molar-refractivity contribution in [2.45, 2.75) is 6.61 Å². The van der Waals surface area contributed by atoms with Gasteiger partial charge in [0.25, 0.3) is 0 Å². The number of amides is 1. The molecule has 0 aliphatic carbocycles. The number of para-hydroxylation sites is 1. The highest BCUT2D eigenvalue weighted by Gasteiger charge is 2.13. The molecular formula is C19H16N2O4. The van der Waals surface area contributed by atoms with Gasteiger partial charge in [-0.15, -0.1) is 0 Å². The Morgan fingerprint density at radius 3 is 2.72 bits per heavy atom. The first-order chi connectivity index (χ1) is 12.2. The molecule has 1 aromatic heterocycles. The third-order valence-corrected chi connectivity index (χ3v) is 3.51. The highest BCUT2D eigenvalue weighted by Crippen LogP contribution is 2.19. The monoisotopic (exact) mass is 336 g/mol. The van der Waals surface area contributed by atoms with Crippen LogP contribution in [-0.2, 0) is 20.9 Å². The molecule has 0 fully saturated rings. The number of esters is 1. The maximum atomic E-state index is 11.5. The normalized spacial score (nSPS) is 10.3. The van der Waals surface area contributed by atoms with Crippen molar-refractivity contribution in [2.24, 2.45) is 0 Å². The lowest BCUT2D eigenvalue weighted by Gasteiger charge is -2.09. The zero-order chi connectivity index (χ0) is 17.6. The average Bonchev–Trinajstić information content (AvgIpc) is 2.65. The molecule has 0 aliphatic heterocycles. The lowest BCUT2D eigenvalue weighted by Crippen LogP contribution is -2.23. The summed E-state index contributed by atoms with van der Waals surface area (Å²) in [6.07, 6.45) is 0. The second-order valence-electron chi connectivity index (χ2n) is 5.26. The fraction of sp³-hybridized carbons (Fsp3) is 0.105. The number of fused-ring (bicyclic) bond motifs is 1. The van der Waals surface area contributed by atoms with Crippen molar-refractivity contribution in [3.05, 3.63) is 66.4 Å². The first-order valence-electron chi connectivity index (χ1n) is 7.62. The number of rotatable bonds is 4. The van der Waals surface area contributed by atoms with E-state index in [1.54, 1.807) is 24.3 Å². The van der Waals surface area contributed by atoms with Crippen molar-refractivity contribution in [2.75, 3.05) is 12.4 Å². The van der Waals surface area contributed by atoms with Crippen LogP contribution in [0.1, 0.15) is 5.69 Å². The molecule has 6 heteroatoms. The Bertz CT molecular complexity index is 924. The fourth-order valence-electron chi connectivity index (χ4n) is 2.28. The molecule has 0 spiro atoms. The molecule has 0 bridgehead atoms. The summed E-state index contributed by atoms with van der Waals surface area (Å²) in [6, 6.07) is 18.5. The van der Waals surface area contributed by atoms with Crippen molar-refractivity contribution in [3.8, 4) is 5.75 Å². The number of methoxy groups -OCH3 is 1. The number of aromatic nitrogens is 1. The van der Waals surface area contributed by atoms with E-state index >= 15 is 0 Å². The number of ether oxygens (including phenoxy) is 2. The second-order valence-corrected chi connectivity index (χ2v) is 5.26. The molecule has 1 amide bonds. The molecule has 6 nitrogen and oxygen atoms in total. The standard InChI is InChI=1S/C19H16N2O4/c1-24-19(23)18(22)21-14-6-4-7-16(11-14)25-12-15-10-9-13-5-2-3-8-17(13)20-15/h2-11H,12H2,1H3,(H,21,22). The summed E-state index contributed by atoms with van der Waals surface area (Å²) in [6.45, 7) is 0.291. The van der Waals surface area contributed by atoms with E-state index in [2.05, 4.69) is 15.0 Å². The van der Waals surface area contributed by atoms with E-state index in [0.717, 1.165) is 23.7 Å². The van der Waals surface area contributed by atoms with E-state index in [1.165, 1.54) is 0 Å². The molecule has 3 rings (SSSR count). The third-order valence-electron chi connectivity index (χ3n) is 3.51. The van der Waals surface area contributed by atoms with Crippen molar-refractivity contribution in [1.29, 1.82) is 0 Å². The van der Waals surface area contributed by atoms with Crippen LogP contribution in [0, 0.1) is 0 Å². The number of nitrogens with zero attached hydrogens (tertiary/aromatic N) is 1. The summed E-state index contributed by atoms with van der Waals surface area (Å²) < 4.78 is 10.1. The third kappa shape index (κ3) is 4.11. The number of carbonyl (C=O) groups excluding carboxylic acids is 2. The van der Waals surface area contributed by atoms with Gasteiger partial charge >= 0.3 is 11.9 Å². The number of carbonyl (C=O) groups is 2. The minimum absolute atomic E-state index is 0.291. The molecule has 126 valence electrons. The van der Waals surface area contributed by atoms with Crippen LogP contribution in [0.25, 0.3) is 10.9 Å². The van der Waals surface area contributed by atoms with E-state index in [9.17, 15) is 9.59 Å². The van der Waals surface area contributed by atoms with Crippen LogP contribution in [0.15, 0.2) is 60.7 Å². The Balaban J connectivity index is 1.67. The van der Waals surface area contributed by atoms with Crippen molar-refractivity contribution < 1.29 is 19.1 Å². The molecule has 0 aliphatic rings. The maximum absolute atomic E-state index is 11.5. The van der Waals surface area contributed by atoms with E-state index in [0.29, 0.717) is 18.0 Å². The predicted molar refractivity (Wildman–Crippen MR) is 93.2 cm³/mol. The van der Waals surface area contributed by atoms with E-state index in [-0.39, 0.29) is 0 Å². The summed E-state index contributed by atoms with van der Waals surface area (Å²) in [4.78, 5) is 27.2. The van der Waals surface area contributed by atoms with Gasteiger partial charge in [0, 0.05) is 17.1 Å². The number of benzene rings is 2. The first-order valence-corrected chi connectivity index (χ1v) is 7.62. The van der Waals surface area contributed by atoms with E-state index < -0.39 is 11.9 Å². The minimum Gasteiger partial charge on any atom is -0.487 e. The quantitative estimate of drug-likeness (QED) is 0.585. The van der Waals surface area contributed by atoms with Gasteiger partial charge < -0.3 is 14.8 Å². The number of anilines is 1. The Hall–Kier alpha value is -3.41. The summed E-state index contributed by atoms with van der Waals surface area (Å²) in [5.41, 5.74) is 2.14. The molecule has 0 radical (unpaired) electrons. The SMILES string of the molecule is COC(=O)C(=O)Nc1cccc(OCc2ccc3ccccc3n2)c1. The summed E-state index contributed by atoms with van der Waals surface area (Å²) >= 11 is 0. The minimum atomic E-state index is -0.952. The Kier molecular flexibility index (Phi) is 4.89. The lowest BCUT2D eigenvalue weighted by molar-refractivity contribution is -0.150. The largest absolute Gasteiger partial charge is 0.487 e. The smallest absolute Gasteiger partial charge is 0.396 e. The van der Waals surface area contributed by atoms with E-state index in [1.807, 2.05) is 36.4 Å². The molecule has 0 saturated heterocycles. The van der Waals surface area contributed by atoms with Crippen molar-refractivity contribution >= 4 is 28.5 Å². The molecule has 25 heavy (non-hydrogen) atoms. The molecule has 1 N–H and O–H groups in total. The van der Waals surface area contributed by atoms with Crippen LogP contribution in [0.5, 0.6) is 5.75 Å². The second kappa shape index (κ2) is 7.44. The Morgan fingerprint density at radius 2 is 1.88 bits per heavy atom. The molecule has 3 aromatic rings. The van der Waals surface area contributed by atoms with Crippen LogP contribution in [0.2, 0.25) is 0 Å². The maximum Gasteiger partial charge on any atom is 0.396 e. The van der Waals surface area contributed by atoms with Gasteiger partial charge in [-0.3, -0.25) is 4.79 Å². The van der Waals surface area contributed by atoms with Gasteiger partial charge in [0.15, 0.2) is 0 Å². The molecule has 0 atom stereocenters.